The maximum absolute atomic E-state index is 12.5. The number of hydrogen-bond donors (Lipinski definition) is 3. The third-order valence-corrected chi connectivity index (χ3v) is 6.83. The first-order valence-corrected chi connectivity index (χ1v) is 11.2. The van der Waals surface area contributed by atoms with Crippen LogP contribution in [0.4, 0.5) is 18.9 Å². The number of benzene rings is 2. The number of rotatable bonds is 7. The van der Waals surface area contributed by atoms with E-state index < -0.39 is 43.6 Å². The van der Waals surface area contributed by atoms with Crippen molar-refractivity contribution in [3.05, 3.63) is 53.6 Å². The van der Waals surface area contributed by atoms with E-state index in [0.29, 0.717) is 5.56 Å². The summed E-state index contributed by atoms with van der Waals surface area (Å²) in [4.78, 5) is 11.9. The van der Waals surface area contributed by atoms with Crippen LogP contribution in [-0.2, 0) is 20.0 Å². The van der Waals surface area contributed by atoms with E-state index in [9.17, 15) is 34.8 Å². The number of sulfonamides is 2. The summed E-state index contributed by atoms with van der Waals surface area (Å²) in [6.07, 6.45) is -4.74. The van der Waals surface area contributed by atoms with E-state index in [2.05, 4.69) is 10.0 Å². The third-order valence-electron chi connectivity index (χ3n) is 3.87. The Morgan fingerprint density at radius 1 is 1.00 bits per heavy atom. The predicted octanol–water partition coefficient (Wildman–Crippen LogP) is 2.00. The van der Waals surface area contributed by atoms with Crippen LogP contribution in [0.25, 0.3) is 0 Å². The number of alkyl halides is 3. The molecule has 1 amide bonds. The Kier molecular flexibility index (Phi) is 6.91. The normalized spacial score (nSPS) is 12.6. The van der Waals surface area contributed by atoms with Crippen LogP contribution >= 0.6 is 0 Å². The van der Waals surface area contributed by atoms with Crippen molar-refractivity contribution in [1.82, 2.24) is 9.44 Å². The minimum atomic E-state index is -4.74. The van der Waals surface area contributed by atoms with Gasteiger partial charge in [-0.2, -0.15) is 13.2 Å². The second kappa shape index (κ2) is 8.71. The number of carbonyl (C=O) groups is 1. The summed E-state index contributed by atoms with van der Waals surface area (Å²) in [5, 5.41) is 2.43. The van der Waals surface area contributed by atoms with E-state index in [0.717, 1.165) is 12.1 Å². The molecule has 2 aromatic rings. The van der Waals surface area contributed by atoms with Crippen molar-refractivity contribution in [1.29, 1.82) is 0 Å². The molecule has 0 aliphatic rings. The molecule has 13 heteroatoms. The zero-order chi connectivity index (χ0) is 22.7. The zero-order valence-electron chi connectivity index (χ0n) is 15.7. The molecule has 0 fully saturated rings. The van der Waals surface area contributed by atoms with Crippen LogP contribution in [0.15, 0.2) is 52.3 Å². The summed E-state index contributed by atoms with van der Waals surface area (Å²) < 4.78 is 88.5. The molecule has 0 heterocycles. The maximum Gasteiger partial charge on any atom is 0.402 e. The first kappa shape index (κ1) is 23.8. The lowest BCUT2D eigenvalue weighted by atomic mass is 10.2. The fourth-order valence-electron chi connectivity index (χ4n) is 2.35. The second-order valence-electron chi connectivity index (χ2n) is 6.11. The Bertz CT molecular complexity index is 1160. The third kappa shape index (κ3) is 6.01. The fourth-order valence-corrected chi connectivity index (χ4v) is 4.40. The lowest BCUT2D eigenvalue weighted by Crippen LogP contribution is -2.33. The molecule has 0 aliphatic carbocycles. The molecule has 0 unspecified atom stereocenters. The molecule has 0 bridgehead atoms. The first-order valence-electron chi connectivity index (χ1n) is 8.27. The summed E-state index contributed by atoms with van der Waals surface area (Å²) in [5.74, 6) is -0.778. The van der Waals surface area contributed by atoms with E-state index in [-0.39, 0.29) is 16.1 Å². The highest BCUT2D eigenvalue weighted by atomic mass is 32.2. The zero-order valence-corrected chi connectivity index (χ0v) is 17.4. The van der Waals surface area contributed by atoms with Crippen LogP contribution in [0.2, 0.25) is 0 Å². The fraction of sp³-hybridized carbons (Fsp3) is 0.235. The number of hydrogen-bond acceptors (Lipinski definition) is 5. The molecule has 2 aromatic carbocycles. The molecule has 0 atom stereocenters. The molecule has 0 spiro atoms. The largest absolute Gasteiger partial charge is 0.402 e. The van der Waals surface area contributed by atoms with E-state index in [1.807, 2.05) is 0 Å². The smallest absolute Gasteiger partial charge is 0.322 e. The van der Waals surface area contributed by atoms with Crippen molar-refractivity contribution < 1.29 is 34.8 Å². The van der Waals surface area contributed by atoms with Crippen molar-refractivity contribution >= 4 is 31.6 Å². The minimum absolute atomic E-state index is 0.0597. The molecule has 3 N–H and O–H groups in total. The standard InChI is InChI=1S/C17H18F3N3O5S2/c1-11-6-7-13(9-15(11)30(27,28)21-2)23-16(24)12-4-3-5-14(8-12)29(25,26)22-10-17(18,19)20/h3-9,21-22H,10H2,1-2H3,(H,23,24). The number of halogens is 3. The molecular weight excluding hydrogens is 447 g/mol. The number of nitrogens with one attached hydrogen (secondary N) is 3. The monoisotopic (exact) mass is 465 g/mol. The van der Waals surface area contributed by atoms with Gasteiger partial charge in [-0.25, -0.2) is 26.3 Å². The van der Waals surface area contributed by atoms with E-state index >= 15 is 0 Å². The molecule has 0 saturated carbocycles. The topological polar surface area (TPSA) is 121 Å². The van der Waals surface area contributed by atoms with Gasteiger partial charge in [0, 0.05) is 11.3 Å². The molecule has 8 nitrogen and oxygen atoms in total. The Labute approximate surface area is 171 Å². The van der Waals surface area contributed by atoms with Gasteiger partial charge < -0.3 is 5.32 Å². The predicted molar refractivity (Wildman–Crippen MR) is 103 cm³/mol. The molecule has 0 radical (unpaired) electrons. The molecule has 0 saturated heterocycles. The molecule has 30 heavy (non-hydrogen) atoms. The average molecular weight is 465 g/mol. The van der Waals surface area contributed by atoms with Crippen LogP contribution in [0.1, 0.15) is 15.9 Å². The van der Waals surface area contributed by atoms with E-state index in [4.69, 9.17) is 0 Å². The van der Waals surface area contributed by atoms with Crippen LogP contribution < -0.4 is 14.8 Å². The lowest BCUT2D eigenvalue weighted by Gasteiger charge is -2.12. The number of amides is 1. The van der Waals surface area contributed by atoms with Crippen molar-refractivity contribution in [2.45, 2.75) is 22.9 Å². The van der Waals surface area contributed by atoms with Gasteiger partial charge in [0.15, 0.2) is 0 Å². The van der Waals surface area contributed by atoms with Gasteiger partial charge in [0.05, 0.1) is 9.79 Å². The van der Waals surface area contributed by atoms with Crippen LogP contribution in [-0.4, -0.2) is 42.5 Å². The summed E-state index contributed by atoms with van der Waals surface area (Å²) in [6, 6.07) is 8.56. The van der Waals surface area contributed by atoms with Crippen molar-refractivity contribution in [3.8, 4) is 0 Å². The van der Waals surface area contributed by atoms with E-state index in [1.165, 1.54) is 42.1 Å². The SMILES string of the molecule is CNS(=O)(=O)c1cc(NC(=O)c2cccc(S(=O)(=O)NCC(F)(F)F)c2)ccc1C. The first-order chi connectivity index (χ1) is 13.7. The van der Waals surface area contributed by atoms with Gasteiger partial charge in [0.25, 0.3) is 5.91 Å². The van der Waals surface area contributed by atoms with Crippen LogP contribution in [0.5, 0.6) is 0 Å². The number of aryl methyl sites for hydroxylation is 1. The van der Waals surface area contributed by atoms with Gasteiger partial charge in [-0.15, -0.1) is 0 Å². The minimum Gasteiger partial charge on any atom is -0.322 e. The Morgan fingerprint density at radius 3 is 2.27 bits per heavy atom. The van der Waals surface area contributed by atoms with Gasteiger partial charge in [-0.05, 0) is 49.9 Å². The number of anilines is 1. The van der Waals surface area contributed by atoms with Crippen LogP contribution in [0, 0.1) is 6.92 Å². The summed E-state index contributed by atoms with van der Waals surface area (Å²) in [5.41, 5.74) is 0.414. The van der Waals surface area contributed by atoms with Crippen molar-refractivity contribution in [3.63, 3.8) is 0 Å². The lowest BCUT2D eigenvalue weighted by molar-refractivity contribution is -0.121. The summed E-state index contributed by atoms with van der Waals surface area (Å²) in [6.45, 7) is -0.185. The quantitative estimate of drug-likeness (QED) is 0.578. The second-order valence-corrected chi connectivity index (χ2v) is 9.73. The van der Waals surface area contributed by atoms with Crippen molar-refractivity contribution in [2.24, 2.45) is 0 Å². The van der Waals surface area contributed by atoms with Gasteiger partial charge >= 0.3 is 6.18 Å². The molecule has 0 aliphatic heterocycles. The summed E-state index contributed by atoms with van der Waals surface area (Å²) in [7, 11) is -7.04. The highest BCUT2D eigenvalue weighted by Gasteiger charge is 2.30. The molecule has 2 rings (SSSR count). The van der Waals surface area contributed by atoms with Crippen LogP contribution in [0.3, 0.4) is 0 Å². The van der Waals surface area contributed by atoms with Gasteiger partial charge in [-0.1, -0.05) is 12.1 Å². The Hall–Kier alpha value is -2.48. The Morgan fingerprint density at radius 2 is 1.67 bits per heavy atom. The molecular formula is C17H18F3N3O5S2. The van der Waals surface area contributed by atoms with Crippen molar-refractivity contribution in [2.75, 3.05) is 18.9 Å². The van der Waals surface area contributed by atoms with Gasteiger partial charge in [-0.3, -0.25) is 4.79 Å². The number of carbonyl (C=O) groups excluding carboxylic acids is 1. The Balaban J connectivity index is 2.27. The molecule has 164 valence electrons. The molecule has 0 aromatic heterocycles. The van der Waals surface area contributed by atoms with Gasteiger partial charge in [0.1, 0.15) is 6.54 Å². The average Bonchev–Trinajstić information content (AvgIpc) is 2.67. The van der Waals surface area contributed by atoms with Gasteiger partial charge in [0.2, 0.25) is 20.0 Å². The van der Waals surface area contributed by atoms with E-state index in [1.54, 1.807) is 6.92 Å². The maximum atomic E-state index is 12.5. The highest BCUT2D eigenvalue weighted by Crippen LogP contribution is 2.21. The highest BCUT2D eigenvalue weighted by molar-refractivity contribution is 7.89. The summed E-state index contributed by atoms with van der Waals surface area (Å²) >= 11 is 0.